The first-order valence-electron chi connectivity index (χ1n) is 7.04. The minimum absolute atomic E-state index is 0.109. The molecule has 1 aromatic rings. The lowest BCUT2D eigenvalue weighted by Crippen LogP contribution is -2.18. The molecule has 0 fully saturated rings. The van der Waals surface area contributed by atoms with Crippen molar-refractivity contribution >= 4 is 11.7 Å². The van der Waals surface area contributed by atoms with E-state index in [1.807, 2.05) is 32.2 Å². The monoisotopic (exact) mass is 274 g/mol. The number of ether oxygens (including phenoxy) is 1. The second-order valence-corrected chi connectivity index (χ2v) is 4.70. The van der Waals surface area contributed by atoms with E-state index >= 15 is 0 Å². The maximum absolute atomic E-state index is 11.2. The molecule has 4 heteroatoms. The maximum Gasteiger partial charge on any atom is 0.305 e. The summed E-state index contributed by atoms with van der Waals surface area (Å²) in [7, 11) is 2.02. The van der Waals surface area contributed by atoms with E-state index in [1.165, 1.54) is 0 Å². The second kappa shape index (κ2) is 8.98. The van der Waals surface area contributed by atoms with E-state index in [1.54, 1.807) is 6.07 Å². The van der Waals surface area contributed by atoms with Crippen LogP contribution in [0.3, 0.4) is 0 Å². The number of esters is 1. The van der Waals surface area contributed by atoms with Crippen LogP contribution in [-0.2, 0) is 9.53 Å². The van der Waals surface area contributed by atoms with Crippen molar-refractivity contribution in [2.45, 2.75) is 32.6 Å². The molecule has 0 bridgehead atoms. The molecule has 108 valence electrons. The third kappa shape index (κ3) is 5.75. The largest absolute Gasteiger partial charge is 0.466 e. The molecule has 0 atom stereocenters. The summed E-state index contributed by atoms with van der Waals surface area (Å²) in [6.07, 6.45) is 3.39. The van der Waals surface area contributed by atoms with Crippen LogP contribution in [0.15, 0.2) is 24.3 Å². The number of nitriles is 1. The van der Waals surface area contributed by atoms with Gasteiger partial charge in [0.2, 0.25) is 0 Å². The molecule has 0 unspecified atom stereocenters. The Morgan fingerprint density at radius 3 is 2.85 bits per heavy atom. The van der Waals surface area contributed by atoms with E-state index in [-0.39, 0.29) is 5.97 Å². The van der Waals surface area contributed by atoms with Gasteiger partial charge < -0.3 is 9.64 Å². The molecule has 0 amide bonds. The quantitative estimate of drug-likeness (QED) is 0.540. The zero-order valence-corrected chi connectivity index (χ0v) is 12.3. The molecule has 0 aliphatic rings. The third-order valence-corrected chi connectivity index (χ3v) is 3.10. The van der Waals surface area contributed by atoms with Crippen LogP contribution in [-0.4, -0.2) is 26.2 Å². The van der Waals surface area contributed by atoms with Gasteiger partial charge in [-0.2, -0.15) is 5.26 Å². The van der Waals surface area contributed by atoms with Gasteiger partial charge in [0.1, 0.15) is 0 Å². The van der Waals surface area contributed by atoms with Crippen molar-refractivity contribution in [3.05, 3.63) is 29.8 Å². The smallest absolute Gasteiger partial charge is 0.305 e. The van der Waals surface area contributed by atoms with E-state index in [9.17, 15) is 4.79 Å². The lowest BCUT2D eigenvalue weighted by atomic mass is 10.1. The van der Waals surface area contributed by atoms with Gasteiger partial charge in [-0.15, -0.1) is 0 Å². The Morgan fingerprint density at radius 1 is 1.35 bits per heavy atom. The Hall–Kier alpha value is -2.02. The fourth-order valence-electron chi connectivity index (χ4n) is 1.97. The number of nitrogens with zero attached hydrogens (tertiary/aromatic N) is 2. The molecule has 0 spiro atoms. The molecule has 4 nitrogen and oxygen atoms in total. The summed E-state index contributed by atoms with van der Waals surface area (Å²) < 4.78 is 4.88. The lowest BCUT2D eigenvalue weighted by molar-refractivity contribution is -0.143. The predicted molar refractivity (Wildman–Crippen MR) is 79.5 cm³/mol. The van der Waals surface area contributed by atoms with Crippen LogP contribution in [0.4, 0.5) is 5.69 Å². The topological polar surface area (TPSA) is 53.3 Å². The van der Waals surface area contributed by atoms with E-state index in [0.29, 0.717) is 18.6 Å². The third-order valence-electron chi connectivity index (χ3n) is 3.10. The molecule has 1 aromatic carbocycles. The van der Waals surface area contributed by atoms with Crippen molar-refractivity contribution in [3.8, 4) is 6.07 Å². The SMILES string of the molecule is CCOC(=O)CCCCCN(C)c1cccc(C#N)c1. The standard InChI is InChI=1S/C16H22N2O2/c1-3-20-16(19)10-5-4-6-11-18(2)15-9-7-8-14(12-15)13-17/h7-9,12H,3-6,10-11H2,1-2H3. The minimum atomic E-state index is -0.109. The van der Waals surface area contributed by atoms with Crippen molar-refractivity contribution < 1.29 is 9.53 Å². The van der Waals surface area contributed by atoms with Gasteiger partial charge in [0.15, 0.2) is 0 Å². The summed E-state index contributed by atoms with van der Waals surface area (Å²) in [4.78, 5) is 13.3. The van der Waals surface area contributed by atoms with Gasteiger partial charge in [0, 0.05) is 25.7 Å². The van der Waals surface area contributed by atoms with Gasteiger partial charge in [-0.25, -0.2) is 0 Å². The Morgan fingerprint density at radius 2 is 2.15 bits per heavy atom. The van der Waals surface area contributed by atoms with Crippen molar-refractivity contribution in [2.75, 3.05) is 25.1 Å². The van der Waals surface area contributed by atoms with Crippen molar-refractivity contribution in [3.63, 3.8) is 0 Å². The first kappa shape index (κ1) is 16.0. The predicted octanol–water partition coefficient (Wildman–Crippen LogP) is 3.12. The molecule has 0 saturated heterocycles. The fraction of sp³-hybridized carbons (Fsp3) is 0.500. The van der Waals surface area contributed by atoms with E-state index < -0.39 is 0 Å². The zero-order valence-electron chi connectivity index (χ0n) is 12.3. The highest BCUT2D eigenvalue weighted by Gasteiger charge is 2.03. The normalized spacial score (nSPS) is 9.85. The van der Waals surface area contributed by atoms with Gasteiger partial charge in [-0.3, -0.25) is 4.79 Å². The number of carbonyl (C=O) groups is 1. The first-order chi connectivity index (χ1) is 9.67. The van der Waals surface area contributed by atoms with E-state index in [2.05, 4.69) is 11.0 Å². The Kier molecular flexibility index (Phi) is 7.20. The van der Waals surface area contributed by atoms with Crippen LogP contribution in [0.1, 0.15) is 38.2 Å². The highest BCUT2D eigenvalue weighted by Crippen LogP contribution is 2.15. The number of carbonyl (C=O) groups excluding carboxylic acids is 1. The molecule has 0 saturated carbocycles. The van der Waals surface area contributed by atoms with Crippen LogP contribution < -0.4 is 4.90 Å². The molecule has 0 aliphatic carbocycles. The van der Waals surface area contributed by atoms with Crippen LogP contribution in [0.2, 0.25) is 0 Å². The summed E-state index contributed by atoms with van der Waals surface area (Å²) in [6, 6.07) is 9.73. The van der Waals surface area contributed by atoms with Crippen LogP contribution in [0.25, 0.3) is 0 Å². The molecule has 20 heavy (non-hydrogen) atoms. The Bertz CT molecular complexity index is 466. The van der Waals surface area contributed by atoms with E-state index in [0.717, 1.165) is 31.5 Å². The second-order valence-electron chi connectivity index (χ2n) is 4.70. The van der Waals surface area contributed by atoms with Gasteiger partial charge in [0.05, 0.1) is 18.2 Å². The van der Waals surface area contributed by atoms with Crippen LogP contribution in [0, 0.1) is 11.3 Å². The number of unbranched alkanes of at least 4 members (excludes halogenated alkanes) is 2. The average molecular weight is 274 g/mol. The molecule has 0 heterocycles. The zero-order chi connectivity index (χ0) is 14.8. The van der Waals surface area contributed by atoms with Gasteiger partial charge in [0.25, 0.3) is 0 Å². The van der Waals surface area contributed by atoms with Crippen molar-refractivity contribution in [1.82, 2.24) is 0 Å². The average Bonchev–Trinajstić information content (AvgIpc) is 2.47. The van der Waals surface area contributed by atoms with Crippen LogP contribution in [0.5, 0.6) is 0 Å². The fourth-order valence-corrected chi connectivity index (χ4v) is 1.97. The van der Waals surface area contributed by atoms with E-state index in [4.69, 9.17) is 10.00 Å². The van der Waals surface area contributed by atoms with Gasteiger partial charge >= 0.3 is 5.97 Å². The number of rotatable bonds is 8. The lowest BCUT2D eigenvalue weighted by Gasteiger charge is -2.19. The summed E-state index contributed by atoms with van der Waals surface area (Å²) in [5.74, 6) is -0.109. The number of benzene rings is 1. The summed E-state index contributed by atoms with van der Waals surface area (Å²) in [5.41, 5.74) is 1.73. The maximum atomic E-state index is 11.2. The summed E-state index contributed by atoms with van der Waals surface area (Å²) in [5, 5.41) is 8.87. The highest BCUT2D eigenvalue weighted by molar-refractivity contribution is 5.69. The van der Waals surface area contributed by atoms with Gasteiger partial charge in [-0.05, 0) is 38.0 Å². The highest BCUT2D eigenvalue weighted by atomic mass is 16.5. The minimum Gasteiger partial charge on any atom is -0.466 e. The van der Waals surface area contributed by atoms with Crippen LogP contribution >= 0.6 is 0 Å². The van der Waals surface area contributed by atoms with Gasteiger partial charge in [-0.1, -0.05) is 12.5 Å². The summed E-state index contributed by atoms with van der Waals surface area (Å²) in [6.45, 7) is 3.19. The molecule has 0 aliphatic heterocycles. The Balaban J connectivity index is 2.24. The molecular weight excluding hydrogens is 252 g/mol. The number of hydrogen-bond donors (Lipinski definition) is 0. The summed E-state index contributed by atoms with van der Waals surface area (Å²) >= 11 is 0. The molecule has 0 radical (unpaired) electrons. The molecule has 1 rings (SSSR count). The first-order valence-corrected chi connectivity index (χ1v) is 7.04. The van der Waals surface area contributed by atoms with Crippen molar-refractivity contribution in [1.29, 1.82) is 5.26 Å². The Labute approximate surface area is 121 Å². The molecule has 0 aromatic heterocycles. The van der Waals surface area contributed by atoms with Crippen molar-refractivity contribution in [2.24, 2.45) is 0 Å². The number of hydrogen-bond acceptors (Lipinski definition) is 4. The molecular formula is C16H22N2O2. The molecule has 0 N–H and O–H groups in total. The number of anilines is 1.